The van der Waals surface area contributed by atoms with Crippen molar-refractivity contribution >= 4 is 10.0 Å². The van der Waals surface area contributed by atoms with Crippen LogP contribution >= 0.6 is 0 Å². The lowest BCUT2D eigenvalue weighted by Gasteiger charge is -2.04. The number of benzene rings is 1. The highest BCUT2D eigenvalue weighted by Gasteiger charge is 2.15. The number of hydrogen-bond acceptors (Lipinski definition) is 4. The van der Waals surface area contributed by atoms with Crippen molar-refractivity contribution in [3.8, 4) is 0 Å². The summed E-state index contributed by atoms with van der Waals surface area (Å²) in [6.45, 7) is 1.74. The molecule has 1 aromatic heterocycles. The molecule has 6 nitrogen and oxygen atoms in total. The first-order valence-corrected chi connectivity index (χ1v) is 8.31. The van der Waals surface area contributed by atoms with E-state index in [-0.39, 0.29) is 4.90 Å². The number of hydrogen-bond donors (Lipinski definition) is 2. The Morgan fingerprint density at radius 1 is 1.19 bits per heavy atom. The molecule has 2 N–H and O–H groups in total. The lowest BCUT2D eigenvalue weighted by Crippen LogP contribution is -2.25. The molecule has 1 heterocycles. The van der Waals surface area contributed by atoms with Gasteiger partial charge in [-0.3, -0.25) is 4.68 Å². The summed E-state index contributed by atoms with van der Waals surface area (Å²) in [7, 11) is -1.65. The number of aromatic nitrogens is 2. The maximum Gasteiger partial charge on any atom is 0.243 e. The number of nitrogens with zero attached hydrogens (tertiary/aromatic N) is 2. The summed E-state index contributed by atoms with van der Waals surface area (Å²) in [5, 5.41) is 7.03. The summed E-state index contributed by atoms with van der Waals surface area (Å²) in [6, 6.07) is 9.77. The molecule has 7 heteroatoms. The van der Waals surface area contributed by atoms with Crippen LogP contribution in [0.15, 0.2) is 47.6 Å². The van der Waals surface area contributed by atoms with Gasteiger partial charge in [0.2, 0.25) is 10.0 Å². The van der Waals surface area contributed by atoms with Gasteiger partial charge in [-0.15, -0.1) is 0 Å². The Morgan fingerprint density at radius 2 is 1.95 bits per heavy atom. The van der Waals surface area contributed by atoms with Gasteiger partial charge in [-0.05, 0) is 19.0 Å². The summed E-state index contributed by atoms with van der Waals surface area (Å²) < 4.78 is 28.5. The van der Waals surface area contributed by atoms with Crippen molar-refractivity contribution in [1.82, 2.24) is 19.8 Å². The Kier molecular flexibility index (Phi) is 5.49. The zero-order valence-electron chi connectivity index (χ0n) is 12.0. The minimum absolute atomic E-state index is 0.201. The standard InChI is InChI=1S/C14H20N4O2S/c1-15-9-10-18-12-14(11-16-18)21(19,20)17-8-7-13-5-3-2-4-6-13/h2-6,11-12,15,17H,7-10H2,1H3. The fourth-order valence-electron chi connectivity index (χ4n) is 1.89. The highest BCUT2D eigenvalue weighted by Crippen LogP contribution is 2.07. The van der Waals surface area contributed by atoms with Crippen LogP contribution in [0.2, 0.25) is 0 Å². The van der Waals surface area contributed by atoms with Gasteiger partial charge in [-0.2, -0.15) is 5.10 Å². The molecule has 0 fully saturated rings. The van der Waals surface area contributed by atoms with E-state index in [1.807, 2.05) is 37.4 Å². The van der Waals surface area contributed by atoms with Crippen molar-refractivity contribution in [2.24, 2.45) is 0 Å². The molecular weight excluding hydrogens is 288 g/mol. The molecule has 0 bridgehead atoms. The van der Waals surface area contributed by atoms with Crippen LogP contribution in [0, 0.1) is 0 Å². The van der Waals surface area contributed by atoms with Gasteiger partial charge < -0.3 is 5.32 Å². The Morgan fingerprint density at radius 3 is 2.67 bits per heavy atom. The van der Waals surface area contributed by atoms with E-state index in [2.05, 4.69) is 15.1 Å². The summed E-state index contributed by atoms with van der Waals surface area (Å²) in [6.07, 6.45) is 3.58. The molecule has 0 aliphatic heterocycles. The first-order valence-electron chi connectivity index (χ1n) is 6.82. The quantitative estimate of drug-likeness (QED) is 0.750. The van der Waals surface area contributed by atoms with Crippen molar-refractivity contribution in [1.29, 1.82) is 0 Å². The summed E-state index contributed by atoms with van der Waals surface area (Å²) in [4.78, 5) is 0.201. The maximum atomic E-state index is 12.1. The third-order valence-corrected chi connectivity index (χ3v) is 4.47. The number of likely N-dealkylation sites (N-methyl/N-ethyl adjacent to an activating group) is 1. The third-order valence-electron chi connectivity index (χ3n) is 3.06. The first-order chi connectivity index (χ1) is 10.1. The molecule has 0 saturated carbocycles. The second kappa shape index (κ2) is 7.35. The molecular formula is C14H20N4O2S. The molecule has 2 aromatic rings. The van der Waals surface area contributed by atoms with Crippen molar-refractivity contribution in [2.45, 2.75) is 17.9 Å². The Bertz CT molecular complexity index is 653. The van der Waals surface area contributed by atoms with Gasteiger partial charge in [-0.25, -0.2) is 13.1 Å². The largest absolute Gasteiger partial charge is 0.318 e. The molecule has 0 atom stereocenters. The van der Waals surface area contributed by atoms with Crippen molar-refractivity contribution < 1.29 is 8.42 Å². The summed E-state index contributed by atoms with van der Waals surface area (Å²) in [5.41, 5.74) is 1.10. The highest BCUT2D eigenvalue weighted by atomic mass is 32.2. The van der Waals surface area contributed by atoms with Gasteiger partial charge in [0.15, 0.2) is 0 Å². The molecule has 21 heavy (non-hydrogen) atoms. The van der Waals surface area contributed by atoms with Gasteiger partial charge in [0, 0.05) is 19.3 Å². The van der Waals surface area contributed by atoms with Crippen LogP contribution in [0.5, 0.6) is 0 Å². The zero-order valence-corrected chi connectivity index (χ0v) is 12.8. The van der Waals surface area contributed by atoms with Gasteiger partial charge in [-0.1, -0.05) is 30.3 Å². The SMILES string of the molecule is CNCCn1cc(S(=O)(=O)NCCc2ccccc2)cn1. The molecule has 0 unspecified atom stereocenters. The van der Waals surface area contributed by atoms with E-state index in [0.717, 1.165) is 12.1 Å². The van der Waals surface area contributed by atoms with Crippen LogP contribution in [0.25, 0.3) is 0 Å². The second-order valence-electron chi connectivity index (χ2n) is 4.68. The van der Waals surface area contributed by atoms with E-state index in [9.17, 15) is 8.42 Å². The minimum atomic E-state index is -3.49. The van der Waals surface area contributed by atoms with E-state index in [0.29, 0.717) is 19.5 Å². The Balaban J connectivity index is 1.90. The molecule has 0 spiro atoms. The van der Waals surface area contributed by atoms with Crippen LogP contribution in [-0.2, 0) is 23.0 Å². The van der Waals surface area contributed by atoms with E-state index >= 15 is 0 Å². The fourth-order valence-corrected chi connectivity index (χ4v) is 2.87. The van der Waals surface area contributed by atoms with Gasteiger partial charge >= 0.3 is 0 Å². The zero-order chi connectivity index (χ0) is 15.1. The van der Waals surface area contributed by atoms with Crippen LogP contribution in [0.1, 0.15) is 5.56 Å². The lowest BCUT2D eigenvalue weighted by atomic mass is 10.2. The van der Waals surface area contributed by atoms with E-state index in [4.69, 9.17) is 0 Å². The highest BCUT2D eigenvalue weighted by molar-refractivity contribution is 7.89. The van der Waals surface area contributed by atoms with Crippen molar-refractivity contribution in [3.05, 3.63) is 48.3 Å². The molecule has 114 valence electrons. The third kappa shape index (κ3) is 4.66. The maximum absolute atomic E-state index is 12.1. The van der Waals surface area contributed by atoms with Gasteiger partial charge in [0.1, 0.15) is 4.90 Å². The van der Waals surface area contributed by atoms with Gasteiger partial charge in [0.05, 0.1) is 12.7 Å². The molecule has 0 saturated heterocycles. The molecule has 2 rings (SSSR count). The van der Waals surface area contributed by atoms with Crippen molar-refractivity contribution in [2.75, 3.05) is 20.1 Å². The summed E-state index contributed by atoms with van der Waals surface area (Å²) in [5.74, 6) is 0. The Labute approximate surface area is 125 Å². The number of sulfonamides is 1. The van der Waals surface area contributed by atoms with Crippen LogP contribution < -0.4 is 10.0 Å². The van der Waals surface area contributed by atoms with Crippen LogP contribution in [0.3, 0.4) is 0 Å². The van der Waals surface area contributed by atoms with Gasteiger partial charge in [0.25, 0.3) is 0 Å². The van der Waals surface area contributed by atoms with Crippen LogP contribution in [0.4, 0.5) is 0 Å². The molecule has 1 aromatic carbocycles. The predicted octanol–water partition coefficient (Wildman–Crippen LogP) is 0.623. The summed E-state index contributed by atoms with van der Waals surface area (Å²) >= 11 is 0. The average Bonchev–Trinajstić information content (AvgIpc) is 2.96. The van der Waals surface area contributed by atoms with E-state index in [1.54, 1.807) is 10.9 Å². The lowest BCUT2D eigenvalue weighted by molar-refractivity contribution is 0.576. The first kappa shape index (κ1) is 15.7. The molecule has 0 aliphatic rings. The monoisotopic (exact) mass is 308 g/mol. The number of nitrogens with one attached hydrogen (secondary N) is 2. The predicted molar refractivity (Wildman–Crippen MR) is 81.5 cm³/mol. The van der Waals surface area contributed by atoms with Crippen LogP contribution in [-0.4, -0.2) is 38.3 Å². The molecule has 0 amide bonds. The Hall–Kier alpha value is -1.70. The normalized spacial score (nSPS) is 11.7. The fraction of sp³-hybridized carbons (Fsp3) is 0.357. The van der Waals surface area contributed by atoms with Crippen molar-refractivity contribution in [3.63, 3.8) is 0 Å². The average molecular weight is 308 g/mol. The number of rotatable bonds is 8. The second-order valence-corrected chi connectivity index (χ2v) is 6.44. The molecule has 0 aliphatic carbocycles. The molecule has 0 radical (unpaired) electrons. The topological polar surface area (TPSA) is 76.0 Å². The minimum Gasteiger partial charge on any atom is -0.318 e. The smallest absolute Gasteiger partial charge is 0.243 e. The van der Waals surface area contributed by atoms with E-state index in [1.165, 1.54) is 6.20 Å². The van der Waals surface area contributed by atoms with E-state index < -0.39 is 10.0 Å².